The van der Waals surface area contributed by atoms with E-state index in [1.54, 1.807) is 0 Å². The van der Waals surface area contributed by atoms with E-state index in [1.165, 1.54) is 49.9 Å². The van der Waals surface area contributed by atoms with Crippen molar-refractivity contribution in [1.82, 2.24) is 4.40 Å². The molecule has 2 aromatic heterocycles. The van der Waals surface area contributed by atoms with Crippen LogP contribution in [0.25, 0.3) is 38.8 Å². The fourth-order valence-electron chi connectivity index (χ4n) is 4.38. The van der Waals surface area contributed by atoms with Crippen molar-refractivity contribution >= 4 is 16.3 Å². The second-order valence-corrected chi connectivity index (χ2v) is 6.64. The third-order valence-electron chi connectivity index (χ3n) is 5.37. The zero-order valence-electron chi connectivity index (χ0n) is 13.2. The molecule has 0 saturated carbocycles. The molecule has 0 spiro atoms. The van der Waals surface area contributed by atoms with Gasteiger partial charge in [0, 0.05) is 22.8 Å². The fourth-order valence-corrected chi connectivity index (χ4v) is 4.38. The summed E-state index contributed by atoms with van der Waals surface area (Å²) >= 11 is 0. The van der Waals surface area contributed by atoms with Gasteiger partial charge in [-0.05, 0) is 22.8 Å². The van der Waals surface area contributed by atoms with Crippen LogP contribution in [0.4, 0.5) is 0 Å². The molecule has 3 aromatic carbocycles. The van der Waals surface area contributed by atoms with Gasteiger partial charge in [0.2, 0.25) is 0 Å². The first kappa shape index (κ1) is 12.4. The molecule has 0 unspecified atom stereocenters. The van der Waals surface area contributed by atoms with Gasteiger partial charge in [0.25, 0.3) is 0 Å². The second-order valence-electron chi connectivity index (χ2n) is 6.64. The lowest BCUT2D eigenvalue weighted by molar-refractivity contribution is 1.24. The average molecular weight is 305 g/mol. The second kappa shape index (κ2) is 4.27. The monoisotopic (exact) mass is 305 g/mol. The SMILES string of the molecule is c1ccc(-c2cc3cccc4c5c(n2c34)-c2ccccc2C5)cc1. The highest BCUT2D eigenvalue weighted by molar-refractivity contribution is 6.07. The molecule has 0 amide bonds. The molecule has 0 fully saturated rings. The van der Waals surface area contributed by atoms with Gasteiger partial charge in [-0.3, -0.25) is 0 Å². The highest BCUT2D eigenvalue weighted by Crippen LogP contribution is 2.46. The lowest BCUT2D eigenvalue weighted by Gasteiger charge is -2.06. The normalized spacial score (nSPS) is 12.8. The minimum atomic E-state index is 1.04. The van der Waals surface area contributed by atoms with Crippen molar-refractivity contribution in [2.45, 2.75) is 6.42 Å². The number of para-hydroxylation sites is 1. The zero-order chi connectivity index (χ0) is 15.7. The van der Waals surface area contributed by atoms with Crippen LogP contribution in [0.5, 0.6) is 0 Å². The zero-order valence-corrected chi connectivity index (χ0v) is 13.2. The van der Waals surface area contributed by atoms with E-state index in [0.717, 1.165) is 6.42 Å². The maximum Gasteiger partial charge on any atom is 0.0611 e. The number of benzene rings is 3. The molecule has 112 valence electrons. The fraction of sp³-hybridized carbons (Fsp3) is 0.0435. The largest absolute Gasteiger partial charge is 0.308 e. The smallest absolute Gasteiger partial charge is 0.0611 e. The van der Waals surface area contributed by atoms with Gasteiger partial charge in [-0.1, -0.05) is 72.8 Å². The van der Waals surface area contributed by atoms with Crippen LogP contribution in [-0.4, -0.2) is 4.40 Å². The summed E-state index contributed by atoms with van der Waals surface area (Å²) in [6.07, 6.45) is 1.04. The van der Waals surface area contributed by atoms with Gasteiger partial charge in [-0.2, -0.15) is 0 Å². The van der Waals surface area contributed by atoms with E-state index in [1.807, 2.05) is 0 Å². The summed E-state index contributed by atoms with van der Waals surface area (Å²) in [5, 5.41) is 2.74. The van der Waals surface area contributed by atoms with Gasteiger partial charge >= 0.3 is 0 Å². The van der Waals surface area contributed by atoms with Crippen LogP contribution in [0.3, 0.4) is 0 Å². The molecular formula is C23H15N. The Bertz CT molecular complexity index is 1210. The van der Waals surface area contributed by atoms with Crippen molar-refractivity contribution in [2.24, 2.45) is 0 Å². The predicted molar refractivity (Wildman–Crippen MR) is 99.8 cm³/mol. The van der Waals surface area contributed by atoms with Crippen molar-refractivity contribution in [1.29, 1.82) is 0 Å². The standard InChI is InChI=1S/C23H15N/c1-2-7-15(8-3-1)21-14-17-10-6-12-19-20-13-16-9-4-5-11-18(16)23(20)24(21)22(17)19/h1-12,14H,13H2. The summed E-state index contributed by atoms with van der Waals surface area (Å²) in [4.78, 5) is 0. The van der Waals surface area contributed by atoms with E-state index < -0.39 is 0 Å². The summed E-state index contributed by atoms with van der Waals surface area (Å²) < 4.78 is 2.49. The Hall–Kier alpha value is -3.06. The van der Waals surface area contributed by atoms with Crippen LogP contribution in [0.2, 0.25) is 0 Å². The van der Waals surface area contributed by atoms with Crippen molar-refractivity contribution in [2.75, 3.05) is 0 Å². The Morgan fingerprint density at radius 1 is 0.750 bits per heavy atom. The maximum absolute atomic E-state index is 2.49. The van der Waals surface area contributed by atoms with E-state index in [4.69, 9.17) is 0 Å². The molecule has 1 aliphatic carbocycles. The van der Waals surface area contributed by atoms with Gasteiger partial charge < -0.3 is 4.40 Å². The number of hydrogen-bond donors (Lipinski definition) is 0. The lowest BCUT2D eigenvalue weighted by atomic mass is 10.1. The topological polar surface area (TPSA) is 4.41 Å². The molecule has 0 aliphatic heterocycles. The molecule has 5 aromatic rings. The van der Waals surface area contributed by atoms with Crippen molar-refractivity contribution in [3.8, 4) is 22.5 Å². The third kappa shape index (κ3) is 1.40. The van der Waals surface area contributed by atoms with Crippen LogP contribution in [0.15, 0.2) is 78.9 Å². The molecule has 0 N–H and O–H groups in total. The van der Waals surface area contributed by atoms with Crippen molar-refractivity contribution in [3.63, 3.8) is 0 Å². The first-order valence-electron chi connectivity index (χ1n) is 8.44. The van der Waals surface area contributed by atoms with Gasteiger partial charge in [0.15, 0.2) is 0 Å². The summed E-state index contributed by atoms with van der Waals surface area (Å²) in [6.45, 7) is 0. The van der Waals surface area contributed by atoms with Crippen LogP contribution < -0.4 is 0 Å². The highest BCUT2D eigenvalue weighted by atomic mass is 14.9. The number of fused-ring (bicyclic) bond motifs is 5. The summed E-state index contributed by atoms with van der Waals surface area (Å²) in [5.41, 5.74) is 9.64. The average Bonchev–Trinajstić information content (AvgIpc) is 3.28. The molecular weight excluding hydrogens is 290 g/mol. The number of hydrogen-bond acceptors (Lipinski definition) is 0. The number of rotatable bonds is 1. The molecule has 0 bridgehead atoms. The van der Waals surface area contributed by atoms with Gasteiger partial charge in [-0.15, -0.1) is 0 Å². The molecule has 1 heteroatoms. The van der Waals surface area contributed by atoms with Crippen molar-refractivity contribution in [3.05, 3.63) is 90.0 Å². The Balaban J connectivity index is 1.83. The summed E-state index contributed by atoms with van der Waals surface area (Å²) in [6, 6.07) is 28.6. The quantitative estimate of drug-likeness (QED) is 0.363. The molecule has 2 heterocycles. The minimum Gasteiger partial charge on any atom is -0.308 e. The summed E-state index contributed by atoms with van der Waals surface area (Å²) in [5.74, 6) is 0. The van der Waals surface area contributed by atoms with E-state index in [0.29, 0.717) is 0 Å². The van der Waals surface area contributed by atoms with Crippen LogP contribution in [-0.2, 0) is 6.42 Å². The van der Waals surface area contributed by atoms with Gasteiger partial charge in [0.1, 0.15) is 0 Å². The molecule has 0 radical (unpaired) electrons. The van der Waals surface area contributed by atoms with Crippen LogP contribution >= 0.6 is 0 Å². The van der Waals surface area contributed by atoms with Crippen LogP contribution in [0, 0.1) is 0 Å². The first-order chi connectivity index (χ1) is 11.9. The Morgan fingerprint density at radius 2 is 1.58 bits per heavy atom. The van der Waals surface area contributed by atoms with Gasteiger partial charge in [0.05, 0.1) is 16.9 Å². The van der Waals surface area contributed by atoms with E-state index in [2.05, 4.69) is 83.3 Å². The molecule has 24 heavy (non-hydrogen) atoms. The minimum absolute atomic E-state index is 1.04. The maximum atomic E-state index is 2.49. The molecule has 0 saturated heterocycles. The van der Waals surface area contributed by atoms with E-state index in [9.17, 15) is 0 Å². The van der Waals surface area contributed by atoms with Gasteiger partial charge in [-0.25, -0.2) is 0 Å². The third-order valence-corrected chi connectivity index (χ3v) is 5.37. The van der Waals surface area contributed by atoms with Crippen molar-refractivity contribution < 1.29 is 0 Å². The summed E-state index contributed by atoms with van der Waals surface area (Å²) in [7, 11) is 0. The molecule has 6 rings (SSSR count). The lowest BCUT2D eigenvalue weighted by Crippen LogP contribution is -1.89. The molecule has 1 nitrogen and oxygen atoms in total. The highest BCUT2D eigenvalue weighted by Gasteiger charge is 2.28. The van der Waals surface area contributed by atoms with E-state index >= 15 is 0 Å². The predicted octanol–water partition coefficient (Wildman–Crippen LogP) is 5.77. The van der Waals surface area contributed by atoms with Crippen LogP contribution in [0.1, 0.15) is 11.1 Å². The Kier molecular flexibility index (Phi) is 2.20. The molecule has 0 atom stereocenters. The first-order valence-corrected chi connectivity index (χ1v) is 8.44. The molecule has 1 aliphatic rings. The van der Waals surface area contributed by atoms with E-state index in [-0.39, 0.29) is 0 Å². The number of nitrogens with zero attached hydrogens (tertiary/aromatic N) is 1. The Morgan fingerprint density at radius 3 is 2.50 bits per heavy atom. The Labute approximate surface area is 140 Å². The number of aromatic nitrogens is 1.